The van der Waals surface area contributed by atoms with Crippen molar-refractivity contribution in [2.75, 3.05) is 6.61 Å². The Kier molecular flexibility index (Phi) is 5.40. The van der Waals surface area contributed by atoms with Crippen molar-refractivity contribution in [3.05, 3.63) is 0 Å². The molecule has 4 heteroatoms. The molecule has 0 aromatic rings. The first-order valence-electron chi connectivity index (χ1n) is 6.67. The van der Waals surface area contributed by atoms with Crippen LogP contribution in [-0.4, -0.2) is 29.2 Å². The smallest absolute Gasteiger partial charge is 0.237 e. The van der Waals surface area contributed by atoms with E-state index in [4.69, 9.17) is 5.73 Å². The number of carbonyl (C=O) groups excluding carboxylic acids is 1. The van der Waals surface area contributed by atoms with Crippen molar-refractivity contribution in [2.45, 2.75) is 64.0 Å². The van der Waals surface area contributed by atoms with Gasteiger partial charge in [-0.1, -0.05) is 33.1 Å². The Morgan fingerprint density at radius 3 is 2.41 bits per heavy atom. The molecule has 0 aromatic carbocycles. The molecule has 0 aromatic heterocycles. The Bertz CT molecular complexity index is 248. The van der Waals surface area contributed by atoms with Crippen LogP contribution in [0.2, 0.25) is 0 Å². The highest BCUT2D eigenvalue weighted by atomic mass is 16.3. The minimum Gasteiger partial charge on any atom is -0.394 e. The third-order valence-corrected chi connectivity index (χ3v) is 3.56. The van der Waals surface area contributed by atoms with Crippen LogP contribution in [0.3, 0.4) is 0 Å². The van der Waals surface area contributed by atoms with E-state index in [-0.39, 0.29) is 12.5 Å². The molecular formula is C13H26N2O2. The Labute approximate surface area is 104 Å². The van der Waals surface area contributed by atoms with Gasteiger partial charge in [-0.2, -0.15) is 0 Å². The van der Waals surface area contributed by atoms with Gasteiger partial charge in [-0.25, -0.2) is 0 Å². The highest BCUT2D eigenvalue weighted by Crippen LogP contribution is 2.27. The van der Waals surface area contributed by atoms with E-state index in [1.807, 2.05) is 0 Å². The number of rotatable bonds is 5. The Balaban J connectivity index is 2.52. The molecule has 4 N–H and O–H groups in total. The summed E-state index contributed by atoms with van der Waals surface area (Å²) in [6.07, 6.45) is 5.75. The van der Waals surface area contributed by atoms with E-state index in [0.29, 0.717) is 12.3 Å². The molecule has 0 unspecified atom stereocenters. The van der Waals surface area contributed by atoms with Crippen LogP contribution in [0.4, 0.5) is 0 Å². The maximum absolute atomic E-state index is 12.0. The van der Waals surface area contributed by atoms with E-state index >= 15 is 0 Å². The quantitative estimate of drug-likeness (QED) is 0.677. The fraction of sp³-hybridized carbons (Fsp3) is 0.923. The normalized spacial score (nSPS) is 21.2. The number of hydrogen-bond donors (Lipinski definition) is 3. The lowest BCUT2D eigenvalue weighted by Crippen LogP contribution is -2.56. The lowest BCUT2D eigenvalue weighted by atomic mass is 9.82. The van der Waals surface area contributed by atoms with Gasteiger partial charge >= 0.3 is 0 Å². The molecule has 1 aliphatic rings. The molecule has 1 aliphatic carbocycles. The van der Waals surface area contributed by atoms with E-state index in [9.17, 15) is 9.90 Å². The summed E-state index contributed by atoms with van der Waals surface area (Å²) in [6.45, 7) is 4.12. The summed E-state index contributed by atoms with van der Waals surface area (Å²) in [6, 6.07) is -0.458. The number of carbonyl (C=O) groups is 1. The fourth-order valence-electron chi connectivity index (χ4n) is 2.52. The molecule has 1 saturated carbocycles. The molecule has 0 heterocycles. The summed E-state index contributed by atoms with van der Waals surface area (Å²) < 4.78 is 0. The molecule has 1 rings (SSSR count). The molecule has 1 amide bonds. The van der Waals surface area contributed by atoms with E-state index in [1.165, 1.54) is 6.42 Å². The molecule has 0 aliphatic heterocycles. The summed E-state index contributed by atoms with van der Waals surface area (Å²) in [4.78, 5) is 12.0. The van der Waals surface area contributed by atoms with E-state index in [0.717, 1.165) is 25.7 Å². The van der Waals surface area contributed by atoms with Crippen LogP contribution in [0.1, 0.15) is 52.4 Å². The molecule has 4 nitrogen and oxygen atoms in total. The first-order chi connectivity index (χ1) is 7.99. The monoisotopic (exact) mass is 242 g/mol. The molecule has 0 spiro atoms. The van der Waals surface area contributed by atoms with Gasteiger partial charge in [0, 0.05) is 0 Å². The molecular weight excluding hydrogens is 216 g/mol. The second-order valence-corrected chi connectivity index (χ2v) is 5.72. The molecule has 1 atom stereocenters. The maximum Gasteiger partial charge on any atom is 0.237 e. The second-order valence-electron chi connectivity index (χ2n) is 5.72. The Morgan fingerprint density at radius 2 is 1.94 bits per heavy atom. The van der Waals surface area contributed by atoms with Crippen molar-refractivity contribution >= 4 is 5.91 Å². The van der Waals surface area contributed by atoms with Gasteiger partial charge in [-0.3, -0.25) is 4.79 Å². The van der Waals surface area contributed by atoms with Crippen molar-refractivity contribution in [3.8, 4) is 0 Å². The largest absolute Gasteiger partial charge is 0.394 e. The summed E-state index contributed by atoms with van der Waals surface area (Å²) >= 11 is 0. The molecule has 0 radical (unpaired) electrons. The van der Waals surface area contributed by atoms with E-state index in [1.54, 1.807) is 0 Å². The molecule has 100 valence electrons. The average molecular weight is 242 g/mol. The standard InChI is InChI=1S/C13H26N2O2/c1-10(2)8-11(14)12(17)15-13(9-16)6-4-3-5-7-13/h10-11,16H,3-9,14H2,1-2H3,(H,15,17)/t11-/m0/s1. The topological polar surface area (TPSA) is 75.4 Å². The van der Waals surface area contributed by atoms with Gasteiger partial charge < -0.3 is 16.2 Å². The number of hydrogen-bond acceptors (Lipinski definition) is 3. The zero-order valence-electron chi connectivity index (χ0n) is 11.0. The van der Waals surface area contributed by atoms with Crippen LogP contribution < -0.4 is 11.1 Å². The van der Waals surface area contributed by atoms with Gasteiger partial charge in [-0.15, -0.1) is 0 Å². The van der Waals surface area contributed by atoms with Crippen LogP contribution >= 0.6 is 0 Å². The maximum atomic E-state index is 12.0. The van der Waals surface area contributed by atoms with Crippen LogP contribution in [0.25, 0.3) is 0 Å². The molecule has 0 bridgehead atoms. The predicted molar refractivity (Wildman–Crippen MR) is 68.5 cm³/mol. The summed E-state index contributed by atoms with van der Waals surface area (Å²) in [5.74, 6) is 0.293. The summed E-state index contributed by atoms with van der Waals surface area (Å²) in [5, 5.41) is 12.5. The summed E-state index contributed by atoms with van der Waals surface area (Å²) in [7, 11) is 0. The zero-order valence-corrected chi connectivity index (χ0v) is 11.0. The van der Waals surface area contributed by atoms with Gasteiger partial charge in [-0.05, 0) is 25.2 Å². The van der Waals surface area contributed by atoms with Crippen molar-refractivity contribution < 1.29 is 9.90 Å². The summed E-state index contributed by atoms with van der Waals surface area (Å²) in [5.41, 5.74) is 5.44. The van der Waals surface area contributed by atoms with E-state index in [2.05, 4.69) is 19.2 Å². The SMILES string of the molecule is CC(C)C[C@H](N)C(=O)NC1(CO)CCCCC1. The van der Waals surface area contributed by atoms with Crippen molar-refractivity contribution in [3.63, 3.8) is 0 Å². The van der Waals surface area contributed by atoms with E-state index < -0.39 is 11.6 Å². The number of nitrogens with one attached hydrogen (secondary N) is 1. The predicted octanol–water partition coefficient (Wildman–Crippen LogP) is 1.17. The number of amides is 1. The highest BCUT2D eigenvalue weighted by Gasteiger charge is 2.34. The number of aliphatic hydroxyl groups excluding tert-OH is 1. The van der Waals surface area contributed by atoms with Crippen LogP contribution in [-0.2, 0) is 4.79 Å². The third-order valence-electron chi connectivity index (χ3n) is 3.56. The van der Waals surface area contributed by atoms with Crippen LogP contribution in [0.15, 0.2) is 0 Å². The Hall–Kier alpha value is -0.610. The fourth-order valence-corrected chi connectivity index (χ4v) is 2.52. The van der Waals surface area contributed by atoms with Gasteiger partial charge in [0.25, 0.3) is 0 Å². The number of nitrogens with two attached hydrogens (primary N) is 1. The Morgan fingerprint density at radius 1 is 1.35 bits per heavy atom. The van der Waals surface area contributed by atoms with Crippen molar-refractivity contribution in [1.29, 1.82) is 0 Å². The van der Waals surface area contributed by atoms with Crippen molar-refractivity contribution in [1.82, 2.24) is 5.32 Å². The van der Waals surface area contributed by atoms with Crippen LogP contribution in [0.5, 0.6) is 0 Å². The second kappa shape index (κ2) is 6.36. The molecule has 0 saturated heterocycles. The highest BCUT2D eigenvalue weighted by molar-refractivity contribution is 5.82. The van der Waals surface area contributed by atoms with Gasteiger partial charge in [0.1, 0.15) is 0 Å². The molecule has 1 fully saturated rings. The van der Waals surface area contributed by atoms with Crippen LogP contribution in [0, 0.1) is 5.92 Å². The first-order valence-corrected chi connectivity index (χ1v) is 6.67. The van der Waals surface area contributed by atoms with Gasteiger partial charge in [0.2, 0.25) is 5.91 Å². The lowest BCUT2D eigenvalue weighted by Gasteiger charge is -2.37. The average Bonchev–Trinajstić information content (AvgIpc) is 2.29. The minimum absolute atomic E-state index is 0.0210. The number of aliphatic hydroxyl groups is 1. The minimum atomic E-state index is -0.458. The van der Waals surface area contributed by atoms with Gasteiger partial charge in [0.05, 0.1) is 18.2 Å². The third kappa shape index (κ3) is 4.28. The zero-order chi connectivity index (χ0) is 12.9. The molecule has 17 heavy (non-hydrogen) atoms. The van der Waals surface area contributed by atoms with Gasteiger partial charge in [0.15, 0.2) is 0 Å². The lowest BCUT2D eigenvalue weighted by molar-refractivity contribution is -0.125. The first kappa shape index (κ1) is 14.5. The van der Waals surface area contributed by atoms with Crippen molar-refractivity contribution in [2.24, 2.45) is 11.7 Å².